The summed E-state index contributed by atoms with van der Waals surface area (Å²) in [4.78, 5) is 19.0. The molecule has 1 fully saturated rings. The second kappa shape index (κ2) is 8.99. The topological polar surface area (TPSA) is 84.1 Å². The monoisotopic (exact) mass is 557 g/mol. The molecule has 1 aromatic heterocycles. The molecule has 2 aromatic rings. The molecule has 12 heteroatoms. The van der Waals surface area contributed by atoms with E-state index in [1.165, 1.54) is 23.1 Å². The molecule has 0 radical (unpaired) electrons. The zero-order valence-electron chi connectivity index (χ0n) is 22.2. The van der Waals surface area contributed by atoms with Crippen molar-refractivity contribution in [3.8, 4) is 11.3 Å². The number of pyridine rings is 1. The third-order valence-corrected chi connectivity index (χ3v) is 7.99. The van der Waals surface area contributed by atoms with E-state index in [0.717, 1.165) is 12.1 Å². The molecule has 1 saturated heterocycles. The fraction of sp³-hybridized carbons (Fsp3) is 0.538. The lowest BCUT2D eigenvalue weighted by Crippen LogP contribution is -2.50. The number of nitrogens with zero attached hydrogens (tertiary/aromatic N) is 2. The van der Waals surface area contributed by atoms with E-state index in [1.807, 2.05) is 0 Å². The van der Waals surface area contributed by atoms with E-state index >= 15 is 0 Å². The first kappa shape index (κ1) is 28.4. The highest BCUT2D eigenvalue weighted by atomic mass is 32.2. The van der Waals surface area contributed by atoms with Crippen LogP contribution in [0.1, 0.15) is 59.7 Å². The summed E-state index contributed by atoms with van der Waals surface area (Å²) in [5.74, 6) is -0.546. The van der Waals surface area contributed by atoms with Crippen molar-refractivity contribution in [3.05, 3.63) is 47.4 Å². The third kappa shape index (κ3) is 5.17. The third-order valence-electron chi connectivity index (χ3n) is 6.24. The van der Waals surface area contributed by atoms with E-state index in [4.69, 9.17) is 9.47 Å². The Morgan fingerprint density at radius 2 is 1.71 bits per heavy atom. The first-order valence-electron chi connectivity index (χ1n) is 12.0. The van der Waals surface area contributed by atoms with Gasteiger partial charge >= 0.3 is 12.3 Å². The van der Waals surface area contributed by atoms with Crippen molar-refractivity contribution < 1.29 is 36.0 Å². The molecule has 1 amide bonds. The van der Waals surface area contributed by atoms with Crippen LogP contribution < -0.4 is 9.62 Å². The van der Waals surface area contributed by atoms with Crippen molar-refractivity contribution in [1.82, 2.24) is 9.71 Å². The smallest absolute Gasteiger partial charge is 0.425 e. The average Bonchev–Trinajstić information content (AvgIpc) is 3.53. The Hall–Kier alpha value is -2.57. The van der Waals surface area contributed by atoms with Gasteiger partial charge in [-0.3, -0.25) is 4.90 Å². The van der Waals surface area contributed by atoms with Crippen LogP contribution in [-0.2, 0) is 31.6 Å². The van der Waals surface area contributed by atoms with Gasteiger partial charge in [0, 0.05) is 11.1 Å². The van der Waals surface area contributed by atoms with Crippen LogP contribution in [0, 0.1) is 5.82 Å². The lowest BCUT2D eigenvalue weighted by atomic mass is 9.91. The van der Waals surface area contributed by atoms with E-state index in [2.05, 4.69) is 9.71 Å². The maximum atomic E-state index is 14.1. The predicted molar refractivity (Wildman–Crippen MR) is 135 cm³/mol. The van der Waals surface area contributed by atoms with Crippen LogP contribution in [0.15, 0.2) is 30.3 Å². The minimum Gasteiger partial charge on any atom is -0.443 e. The molecule has 0 saturated carbocycles. The fourth-order valence-electron chi connectivity index (χ4n) is 4.18. The summed E-state index contributed by atoms with van der Waals surface area (Å²) in [6.45, 7) is 11.3. The zero-order valence-corrected chi connectivity index (χ0v) is 23.1. The molecule has 38 heavy (non-hydrogen) atoms. The minimum absolute atomic E-state index is 0.0227. The number of alkyl halides is 3. The Morgan fingerprint density at radius 1 is 1.13 bits per heavy atom. The van der Waals surface area contributed by atoms with Gasteiger partial charge in [0.05, 0.1) is 51.5 Å². The molecule has 208 valence electrons. The highest BCUT2D eigenvalue weighted by Gasteiger charge is 2.69. The van der Waals surface area contributed by atoms with E-state index in [9.17, 15) is 26.6 Å². The largest absolute Gasteiger partial charge is 0.443 e. The number of amides is 1. The molecule has 1 aromatic carbocycles. The number of epoxide rings is 1. The first-order valence-corrected chi connectivity index (χ1v) is 13.2. The molecule has 0 spiro atoms. The zero-order chi connectivity index (χ0) is 28.5. The Labute approximate surface area is 221 Å². The van der Waals surface area contributed by atoms with Crippen LogP contribution in [-0.4, -0.2) is 45.0 Å². The van der Waals surface area contributed by atoms with Gasteiger partial charge in [0.25, 0.3) is 0 Å². The standard InChI is InChI=1S/C26H31F4N3O4S/c1-22(2,3)37-21(34)33-13-24(7,32-38(35)23(4,5)6)17-12-18(25(14-36-25)26(28,29)30)31-19(20(17)33)15-8-10-16(27)11-9-15/h8-12,32H,13-14H2,1-7H3/t24-,25?,38?/m1/s1. The van der Waals surface area contributed by atoms with E-state index < -0.39 is 62.9 Å². The van der Waals surface area contributed by atoms with Gasteiger partial charge in [-0.05, 0) is 78.8 Å². The van der Waals surface area contributed by atoms with E-state index in [1.54, 1.807) is 48.5 Å². The van der Waals surface area contributed by atoms with Crippen molar-refractivity contribution in [2.75, 3.05) is 18.1 Å². The molecular weight excluding hydrogens is 526 g/mol. The highest BCUT2D eigenvalue weighted by molar-refractivity contribution is 7.84. The summed E-state index contributed by atoms with van der Waals surface area (Å²) in [6, 6.07) is 6.31. The number of benzene rings is 1. The predicted octanol–water partition coefficient (Wildman–Crippen LogP) is 5.70. The van der Waals surface area contributed by atoms with Crippen molar-refractivity contribution >= 4 is 22.8 Å². The number of carbonyl (C=O) groups is 1. The number of carbonyl (C=O) groups excluding carboxylic acids is 1. The van der Waals surface area contributed by atoms with Gasteiger partial charge in [-0.25, -0.2) is 23.1 Å². The van der Waals surface area contributed by atoms with Crippen LogP contribution in [0.2, 0.25) is 0 Å². The second-order valence-corrected chi connectivity index (χ2v) is 13.7. The highest BCUT2D eigenvalue weighted by Crippen LogP contribution is 2.54. The molecule has 2 aliphatic rings. The van der Waals surface area contributed by atoms with Crippen molar-refractivity contribution in [2.24, 2.45) is 0 Å². The second-order valence-electron chi connectivity index (χ2n) is 11.8. The Balaban J connectivity index is 1.99. The van der Waals surface area contributed by atoms with Gasteiger partial charge < -0.3 is 9.47 Å². The van der Waals surface area contributed by atoms with Gasteiger partial charge in [-0.2, -0.15) is 13.2 Å². The van der Waals surface area contributed by atoms with Gasteiger partial charge in [0.2, 0.25) is 5.60 Å². The maximum Gasteiger partial charge on any atom is 0.425 e. The Kier molecular flexibility index (Phi) is 6.73. The summed E-state index contributed by atoms with van der Waals surface area (Å²) in [5.41, 5.74) is -4.37. The number of hydrogen-bond donors (Lipinski definition) is 1. The van der Waals surface area contributed by atoms with Crippen molar-refractivity contribution in [3.63, 3.8) is 0 Å². The van der Waals surface area contributed by atoms with Crippen molar-refractivity contribution in [2.45, 2.75) is 76.1 Å². The molecule has 2 unspecified atom stereocenters. The summed E-state index contributed by atoms with van der Waals surface area (Å²) < 4.78 is 82.1. The van der Waals surface area contributed by atoms with E-state index in [-0.39, 0.29) is 29.1 Å². The number of aromatic nitrogens is 1. The SMILES string of the molecule is CC(C)(C)OC(=O)N1C[C@@](C)(NS(=O)C(C)(C)C)c2cc(C3(C(F)(F)F)CO3)nc(-c3ccc(F)cc3)c21. The molecule has 7 nitrogen and oxygen atoms in total. The Bertz CT molecular complexity index is 1280. The molecule has 3 atom stereocenters. The van der Waals surface area contributed by atoms with Crippen LogP contribution in [0.3, 0.4) is 0 Å². The minimum atomic E-state index is -4.75. The van der Waals surface area contributed by atoms with Gasteiger partial charge in [0.15, 0.2) is 0 Å². The fourth-order valence-corrected chi connectivity index (χ4v) is 5.07. The van der Waals surface area contributed by atoms with Gasteiger partial charge in [-0.1, -0.05) is 0 Å². The van der Waals surface area contributed by atoms with Crippen LogP contribution in [0.25, 0.3) is 11.3 Å². The lowest BCUT2D eigenvalue weighted by molar-refractivity contribution is -0.188. The Morgan fingerprint density at radius 3 is 2.18 bits per heavy atom. The summed E-state index contributed by atoms with van der Waals surface area (Å²) in [6.07, 6.45) is -5.51. The molecular formula is C26H31F4N3O4S. The molecule has 0 aliphatic carbocycles. The van der Waals surface area contributed by atoms with E-state index in [0.29, 0.717) is 0 Å². The lowest BCUT2D eigenvalue weighted by Gasteiger charge is -2.31. The molecule has 0 bridgehead atoms. The van der Waals surface area contributed by atoms with Crippen LogP contribution >= 0.6 is 0 Å². The number of nitrogens with one attached hydrogen (secondary N) is 1. The molecule has 1 N–H and O–H groups in total. The summed E-state index contributed by atoms with van der Waals surface area (Å²) in [5, 5.41) is 0. The number of ether oxygens (including phenoxy) is 2. The summed E-state index contributed by atoms with van der Waals surface area (Å²) in [7, 11) is -1.66. The maximum absolute atomic E-state index is 14.1. The van der Waals surface area contributed by atoms with Gasteiger partial charge in [-0.15, -0.1) is 0 Å². The van der Waals surface area contributed by atoms with Crippen molar-refractivity contribution in [1.29, 1.82) is 0 Å². The molecule has 3 heterocycles. The first-order chi connectivity index (χ1) is 17.3. The molecule has 4 rings (SSSR count). The van der Waals surface area contributed by atoms with Crippen LogP contribution in [0.4, 0.5) is 28.0 Å². The van der Waals surface area contributed by atoms with Gasteiger partial charge in [0.1, 0.15) is 11.4 Å². The number of fused-ring (bicyclic) bond motifs is 1. The number of rotatable bonds is 4. The number of hydrogen-bond acceptors (Lipinski definition) is 5. The number of anilines is 1. The van der Waals surface area contributed by atoms with Crippen LogP contribution in [0.5, 0.6) is 0 Å². The average molecular weight is 558 g/mol. The number of halogens is 4. The quantitative estimate of drug-likeness (QED) is 0.385. The molecule has 2 aliphatic heterocycles. The summed E-state index contributed by atoms with van der Waals surface area (Å²) >= 11 is 0. The normalized spacial score (nSPS) is 24.2.